The van der Waals surface area contributed by atoms with Crippen LogP contribution in [0, 0.1) is 5.92 Å². The summed E-state index contributed by atoms with van der Waals surface area (Å²) in [6.07, 6.45) is 4.10. The highest BCUT2D eigenvalue weighted by Gasteiger charge is 2.62. The van der Waals surface area contributed by atoms with E-state index in [0.717, 1.165) is 55.1 Å². The lowest BCUT2D eigenvalue weighted by atomic mass is 9.87. The Morgan fingerprint density at radius 1 is 1.46 bits per heavy atom. The number of hydrogen-bond acceptors (Lipinski definition) is 3. The molecule has 24 heavy (non-hydrogen) atoms. The summed E-state index contributed by atoms with van der Waals surface area (Å²) >= 11 is 6.21. The van der Waals surface area contributed by atoms with Crippen LogP contribution in [0.5, 0.6) is 5.75 Å². The number of carbonyl (C=O) groups excluding carboxylic acids is 1. The maximum absolute atomic E-state index is 13.2. The van der Waals surface area contributed by atoms with Crippen LogP contribution in [0.2, 0.25) is 5.02 Å². The van der Waals surface area contributed by atoms with Crippen molar-refractivity contribution in [3.05, 3.63) is 28.8 Å². The van der Waals surface area contributed by atoms with Crippen LogP contribution in [0.25, 0.3) is 0 Å². The van der Waals surface area contributed by atoms with Crippen molar-refractivity contribution >= 4 is 17.5 Å². The predicted octanol–water partition coefficient (Wildman–Crippen LogP) is 2.93. The summed E-state index contributed by atoms with van der Waals surface area (Å²) < 4.78 is 5.79. The summed E-state index contributed by atoms with van der Waals surface area (Å²) in [4.78, 5) is 17.5. The third-order valence-electron chi connectivity index (χ3n) is 5.89. The number of amides is 1. The molecule has 4 nitrogen and oxygen atoms in total. The fraction of sp³-hybridized carbons (Fsp3) is 0.632. The molecule has 2 fully saturated rings. The van der Waals surface area contributed by atoms with Crippen LogP contribution in [0.1, 0.15) is 31.2 Å². The summed E-state index contributed by atoms with van der Waals surface area (Å²) in [5.41, 5.74) is 1.10. The highest BCUT2D eigenvalue weighted by molar-refractivity contribution is 6.30. The van der Waals surface area contributed by atoms with E-state index in [0.29, 0.717) is 18.6 Å². The molecular weight excluding hydrogens is 324 g/mol. The Bertz CT molecular complexity index is 663. The average Bonchev–Trinajstić information content (AvgIpc) is 3.07. The third kappa shape index (κ3) is 2.60. The molecule has 2 heterocycles. The zero-order chi connectivity index (χ0) is 16.9. The van der Waals surface area contributed by atoms with Gasteiger partial charge in [0.25, 0.3) is 0 Å². The molecule has 2 aliphatic heterocycles. The maximum Gasteiger partial charge on any atom is 0.226 e. The highest BCUT2D eigenvalue weighted by Crippen LogP contribution is 2.61. The van der Waals surface area contributed by atoms with Gasteiger partial charge in [-0.05, 0) is 58.0 Å². The Balaban J connectivity index is 1.56. The molecule has 1 saturated heterocycles. The van der Waals surface area contributed by atoms with Crippen LogP contribution < -0.4 is 4.74 Å². The van der Waals surface area contributed by atoms with Gasteiger partial charge >= 0.3 is 0 Å². The van der Waals surface area contributed by atoms with Gasteiger partial charge in [-0.25, -0.2) is 0 Å². The van der Waals surface area contributed by atoms with Gasteiger partial charge in [0.05, 0.1) is 6.61 Å². The quantitative estimate of drug-likeness (QED) is 0.842. The molecule has 0 bridgehead atoms. The minimum absolute atomic E-state index is 0.0409. The number of likely N-dealkylation sites (tertiary alicyclic amines) is 1. The molecule has 4 rings (SSSR count). The van der Waals surface area contributed by atoms with E-state index in [4.69, 9.17) is 16.3 Å². The number of fused-ring (bicyclic) bond motifs is 2. The molecular formula is C19H25ClN2O2. The Hall–Kier alpha value is -1.26. The minimum atomic E-state index is -0.0409. The smallest absolute Gasteiger partial charge is 0.226 e. The second kappa shape index (κ2) is 5.92. The normalized spacial score (nSPS) is 31.2. The third-order valence-corrected chi connectivity index (χ3v) is 6.13. The molecule has 0 N–H and O–H groups in total. The number of nitrogens with zero attached hydrogens (tertiary/aromatic N) is 2. The van der Waals surface area contributed by atoms with E-state index in [9.17, 15) is 4.79 Å². The number of hydrogen-bond donors (Lipinski definition) is 0. The molecule has 1 amide bonds. The summed E-state index contributed by atoms with van der Waals surface area (Å²) in [6, 6.07) is 6.18. The molecule has 1 saturated carbocycles. The number of benzene rings is 1. The highest BCUT2D eigenvalue weighted by atomic mass is 35.5. The van der Waals surface area contributed by atoms with Crippen molar-refractivity contribution in [2.45, 2.75) is 37.1 Å². The van der Waals surface area contributed by atoms with Crippen molar-refractivity contribution in [3.63, 3.8) is 0 Å². The number of rotatable bonds is 3. The molecule has 1 spiro atoms. The maximum atomic E-state index is 13.2. The first-order valence-corrected chi connectivity index (χ1v) is 9.27. The largest absolute Gasteiger partial charge is 0.493 e. The zero-order valence-corrected chi connectivity index (χ0v) is 15.2. The van der Waals surface area contributed by atoms with Gasteiger partial charge in [-0.3, -0.25) is 4.79 Å². The lowest BCUT2D eigenvalue weighted by molar-refractivity contribution is -0.134. The van der Waals surface area contributed by atoms with Gasteiger partial charge in [-0.15, -0.1) is 0 Å². The van der Waals surface area contributed by atoms with Gasteiger partial charge in [0.15, 0.2) is 0 Å². The molecule has 3 aliphatic rings. The van der Waals surface area contributed by atoms with E-state index in [1.165, 1.54) is 0 Å². The molecule has 3 atom stereocenters. The molecule has 0 radical (unpaired) electrons. The van der Waals surface area contributed by atoms with Gasteiger partial charge in [-0.1, -0.05) is 11.6 Å². The first kappa shape index (κ1) is 16.2. The monoisotopic (exact) mass is 348 g/mol. The molecule has 0 aromatic heterocycles. The topological polar surface area (TPSA) is 32.8 Å². The molecule has 5 heteroatoms. The van der Waals surface area contributed by atoms with Crippen LogP contribution in [0.15, 0.2) is 18.2 Å². The second-order valence-corrected chi connectivity index (χ2v) is 8.18. The summed E-state index contributed by atoms with van der Waals surface area (Å²) in [6.45, 7) is 2.55. The fourth-order valence-corrected chi connectivity index (χ4v) is 4.81. The molecule has 1 aliphatic carbocycles. The van der Waals surface area contributed by atoms with Crippen LogP contribution in [0.4, 0.5) is 0 Å². The summed E-state index contributed by atoms with van der Waals surface area (Å²) in [7, 11) is 4.16. The standard InChI is InChI=1S/C19H25ClN2O2/c1-21(2)12-14-4-3-8-22(14)18(23)16-11-19(16)7-9-24-17-6-5-13(20)10-15(17)19/h5-6,10,14,16H,3-4,7-9,11-12H2,1-2H3/t14-,16-,19-/m0/s1. The Kier molecular flexibility index (Phi) is 4.00. The van der Waals surface area contributed by atoms with Crippen molar-refractivity contribution in [2.24, 2.45) is 5.92 Å². The predicted molar refractivity (Wildman–Crippen MR) is 94.6 cm³/mol. The Labute approximate surface area is 148 Å². The molecule has 1 aromatic rings. The second-order valence-electron chi connectivity index (χ2n) is 7.74. The van der Waals surface area contributed by atoms with Crippen LogP contribution in [-0.4, -0.2) is 55.5 Å². The van der Waals surface area contributed by atoms with E-state index in [2.05, 4.69) is 23.9 Å². The average molecular weight is 349 g/mol. The number of carbonyl (C=O) groups is 1. The van der Waals surface area contributed by atoms with Crippen molar-refractivity contribution in [1.82, 2.24) is 9.80 Å². The van der Waals surface area contributed by atoms with Crippen LogP contribution in [-0.2, 0) is 10.2 Å². The fourth-order valence-electron chi connectivity index (χ4n) is 4.64. The molecule has 0 unspecified atom stereocenters. The number of halogens is 1. The minimum Gasteiger partial charge on any atom is -0.493 e. The lowest BCUT2D eigenvalue weighted by Crippen LogP contribution is -2.43. The van der Waals surface area contributed by atoms with E-state index in [1.807, 2.05) is 18.2 Å². The molecule has 1 aromatic carbocycles. The Morgan fingerprint density at radius 2 is 2.29 bits per heavy atom. The van der Waals surface area contributed by atoms with Crippen molar-refractivity contribution in [3.8, 4) is 5.75 Å². The Morgan fingerprint density at radius 3 is 3.08 bits per heavy atom. The van der Waals surface area contributed by atoms with E-state index >= 15 is 0 Å². The SMILES string of the molecule is CN(C)C[C@@H]1CCCN1C(=O)[C@@H]1C[C@]12CCOc1ccc(Cl)cc12. The van der Waals surface area contributed by atoms with Gasteiger partial charge in [-0.2, -0.15) is 0 Å². The summed E-state index contributed by atoms with van der Waals surface area (Å²) in [5, 5.41) is 0.725. The lowest BCUT2D eigenvalue weighted by Gasteiger charge is -2.30. The van der Waals surface area contributed by atoms with Crippen molar-refractivity contribution < 1.29 is 9.53 Å². The van der Waals surface area contributed by atoms with Crippen molar-refractivity contribution in [1.29, 1.82) is 0 Å². The van der Waals surface area contributed by atoms with Gasteiger partial charge in [0, 0.05) is 41.1 Å². The number of ether oxygens (including phenoxy) is 1. The summed E-state index contributed by atoms with van der Waals surface area (Å²) in [5.74, 6) is 1.35. The number of likely N-dealkylation sites (N-methyl/N-ethyl adjacent to an activating group) is 1. The van der Waals surface area contributed by atoms with Gasteiger partial charge < -0.3 is 14.5 Å². The van der Waals surface area contributed by atoms with Crippen molar-refractivity contribution in [2.75, 3.05) is 33.8 Å². The molecule has 130 valence electrons. The van der Waals surface area contributed by atoms with E-state index in [-0.39, 0.29) is 11.3 Å². The van der Waals surface area contributed by atoms with Gasteiger partial charge in [0.1, 0.15) is 5.75 Å². The van der Waals surface area contributed by atoms with Gasteiger partial charge in [0.2, 0.25) is 5.91 Å². The first-order chi connectivity index (χ1) is 11.5. The van der Waals surface area contributed by atoms with E-state index < -0.39 is 0 Å². The zero-order valence-electron chi connectivity index (χ0n) is 14.4. The first-order valence-electron chi connectivity index (χ1n) is 8.89. The van der Waals surface area contributed by atoms with Crippen LogP contribution >= 0.6 is 11.6 Å². The van der Waals surface area contributed by atoms with Crippen LogP contribution in [0.3, 0.4) is 0 Å². The van der Waals surface area contributed by atoms with E-state index in [1.54, 1.807) is 0 Å².